The van der Waals surface area contributed by atoms with Crippen LogP contribution in [0.5, 0.6) is 5.75 Å². The molecule has 2 atom stereocenters. The molecule has 1 aromatic heterocycles. The molecule has 1 saturated heterocycles. The Morgan fingerprint density at radius 1 is 1.12 bits per heavy atom. The van der Waals surface area contributed by atoms with Crippen molar-refractivity contribution >= 4 is 30.5 Å². The van der Waals surface area contributed by atoms with Crippen LogP contribution in [-0.4, -0.2) is 61.7 Å². The Kier molecular flexibility index (Phi) is 11.8. The first-order valence-corrected chi connectivity index (χ1v) is 14.4. The zero-order valence-electron chi connectivity index (χ0n) is 25.2. The zero-order valence-corrected chi connectivity index (χ0v) is 25.2. The number of carbonyl (C=O) groups excluding carboxylic acids is 1. The second kappa shape index (κ2) is 15.0. The Morgan fingerprint density at radius 2 is 1.80 bits per heavy atom. The number of hydrogen-bond donors (Lipinski definition) is 1. The first-order chi connectivity index (χ1) is 19.6. The van der Waals surface area contributed by atoms with Gasteiger partial charge in [-0.25, -0.2) is 4.98 Å². The Hall–Kier alpha value is -3.39. The lowest BCUT2D eigenvalue weighted by Crippen LogP contribution is -2.37. The molecule has 0 saturated carbocycles. The van der Waals surface area contributed by atoms with E-state index in [4.69, 9.17) is 4.99 Å². The number of rotatable bonds is 8. The molecule has 1 N–H and O–H groups in total. The second-order valence-corrected chi connectivity index (χ2v) is 11.3. The van der Waals surface area contributed by atoms with Gasteiger partial charge in [-0.15, -0.1) is 0 Å². The van der Waals surface area contributed by atoms with Gasteiger partial charge >= 0.3 is 6.61 Å². The van der Waals surface area contributed by atoms with E-state index in [-0.39, 0.29) is 11.2 Å². The highest BCUT2D eigenvalue weighted by molar-refractivity contribution is 5.85. The molecule has 8 heteroatoms. The summed E-state index contributed by atoms with van der Waals surface area (Å²) < 4.78 is 27.3. The molecule has 0 spiro atoms. The maximum absolute atomic E-state index is 11.6. The van der Waals surface area contributed by atoms with Gasteiger partial charge in [0.2, 0.25) is 0 Å². The number of aldehydes is 1. The molecule has 0 bridgehead atoms. The molecule has 2 aliphatic rings. The lowest BCUT2D eigenvalue weighted by Gasteiger charge is -2.37. The minimum atomic E-state index is -2.83. The Morgan fingerprint density at radius 3 is 2.39 bits per heavy atom. The summed E-state index contributed by atoms with van der Waals surface area (Å²) in [5.41, 5.74) is 3.28. The fraction of sp³-hybridized carbons (Fsp3) is 0.485. The average molecular weight is 567 g/mol. The monoisotopic (exact) mass is 566 g/mol. The van der Waals surface area contributed by atoms with Crippen LogP contribution in [-0.2, 0) is 0 Å². The molecule has 4 rings (SSSR count). The molecule has 2 aromatic rings. The SMILES string of the molecule is C/C=c1/cnc(NC)c/c1=C/C(C)(C)C1=C(CN2CCCCC2)C(C)C(C)N=C1.O=Cc1ccc(OC(F)F)cc1. The van der Waals surface area contributed by atoms with Gasteiger partial charge in [-0.05, 0) is 91.7 Å². The fourth-order valence-electron chi connectivity index (χ4n) is 5.29. The van der Waals surface area contributed by atoms with Gasteiger partial charge < -0.3 is 10.1 Å². The van der Waals surface area contributed by atoms with E-state index in [1.807, 2.05) is 13.2 Å². The predicted octanol–water partition coefficient (Wildman–Crippen LogP) is 5.72. The Labute approximate surface area is 242 Å². The Balaban J connectivity index is 0.000000322. The summed E-state index contributed by atoms with van der Waals surface area (Å²) >= 11 is 0. The maximum Gasteiger partial charge on any atom is 0.387 e. The van der Waals surface area contributed by atoms with Crippen molar-refractivity contribution in [3.63, 3.8) is 0 Å². The highest BCUT2D eigenvalue weighted by Gasteiger charge is 2.31. The lowest BCUT2D eigenvalue weighted by molar-refractivity contribution is -0.0498. The van der Waals surface area contributed by atoms with Gasteiger partial charge in [0.25, 0.3) is 0 Å². The van der Waals surface area contributed by atoms with Crippen LogP contribution in [0.25, 0.3) is 12.2 Å². The zero-order chi connectivity index (χ0) is 30.0. The molecule has 3 heterocycles. The minimum Gasteiger partial charge on any atom is -0.435 e. The number of halogens is 2. The van der Waals surface area contributed by atoms with E-state index < -0.39 is 6.61 Å². The van der Waals surface area contributed by atoms with Gasteiger partial charge in [-0.3, -0.25) is 14.7 Å². The smallest absolute Gasteiger partial charge is 0.387 e. The molecule has 1 aromatic carbocycles. The van der Waals surface area contributed by atoms with Crippen molar-refractivity contribution in [1.29, 1.82) is 0 Å². The molecule has 222 valence electrons. The molecular weight excluding hydrogens is 522 g/mol. The summed E-state index contributed by atoms with van der Waals surface area (Å²) in [6, 6.07) is 7.94. The van der Waals surface area contributed by atoms with Crippen LogP contribution in [0.15, 0.2) is 52.7 Å². The summed E-state index contributed by atoms with van der Waals surface area (Å²) in [4.78, 5) is 22.1. The summed E-state index contributed by atoms with van der Waals surface area (Å²) in [6.45, 7) is 12.0. The molecule has 41 heavy (non-hydrogen) atoms. The van der Waals surface area contributed by atoms with Crippen LogP contribution in [0.4, 0.5) is 14.6 Å². The van der Waals surface area contributed by atoms with Gasteiger partial charge in [-0.1, -0.05) is 39.3 Å². The number of dihydropyridines is 1. The number of piperidine rings is 1. The molecule has 6 nitrogen and oxygen atoms in total. The van der Waals surface area contributed by atoms with Crippen molar-refractivity contribution in [3.05, 3.63) is 63.7 Å². The van der Waals surface area contributed by atoms with Crippen molar-refractivity contribution in [2.24, 2.45) is 16.3 Å². The van der Waals surface area contributed by atoms with E-state index in [2.05, 4.69) is 79.0 Å². The minimum absolute atomic E-state index is 0.0515. The number of ether oxygens (including phenoxy) is 1. The molecule has 1 fully saturated rings. The quantitative estimate of drug-likeness (QED) is 0.414. The van der Waals surface area contributed by atoms with Gasteiger partial charge in [0.05, 0.1) is 6.04 Å². The molecule has 0 radical (unpaired) electrons. The largest absolute Gasteiger partial charge is 0.435 e. The van der Waals surface area contributed by atoms with E-state index in [0.717, 1.165) is 12.4 Å². The third-order valence-electron chi connectivity index (χ3n) is 7.89. The number of likely N-dealkylation sites (tertiary alicyclic amines) is 1. The number of alkyl halides is 2. The fourth-order valence-corrected chi connectivity index (χ4v) is 5.29. The number of anilines is 1. The van der Waals surface area contributed by atoms with E-state index in [1.54, 1.807) is 5.57 Å². The van der Waals surface area contributed by atoms with Crippen molar-refractivity contribution < 1.29 is 18.3 Å². The Bertz CT molecular complexity index is 1330. The maximum atomic E-state index is 11.6. The topological polar surface area (TPSA) is 66.8 Å². The standard InChI is InChI=1S/C25H38N4.C8H6F2O2/c1-7-20-15-28-24(26-6)13-21(20)14-25(4,5)23-16-27-19(3)18(2)22(23)17-29-11-9-8-10-12-29;9-8(10)12-7-3-1-6(5-11)2-4-7/h7,13-16,18-19,26H,8-12,17H2,1-6H3;1-5,8H/b20-7-,21-14-;. The number of aliphatic imine (C=N–C) groups is 1. The van der Waals surface area contributed by atoms with Crippen LogP contribution in [0.3, 0.4) is 0 Å². The van der Waals surface area contributed by atoms with Crippen LogP contribution in [0.2, 0.25) is 0 Å². The van der Waals surface area contributed by atoms with E-state index in [9.17, 15) is 13.6 Å². The van der Waals surface area contributed by atoms with Gasteiger partial charge in [0.1, 0.15) is 17.9 Å². The van der Waals surface area contributed by atoms with E-state index in [0.29, 0.717) is 23.8 Å². The number of benzene rings is 1. The first-order valence-electron chi connectivity index (χ1n) is 14.4. The summed E-state index contributed by atoms with van der Waals surface area (Å²) in [5.74, 6) is 1.43. The van der Waals surface area contributed by atoms with Crippen LogP contribution >= 0.6 is 0 Å². The van der Waals surface area contributed by atoms with E-state index >= 15 is 0 Å². The summed E-state index contributed by atoms with van der Waals surface area (Å²) in [6.07, 6.45) is 13.3. The van der Waals surface area contributed by atoms with Gasteiger partial charge in [0, 0.05) is 42.9 Å². The number of hydrogen-bond acceptors (Lipinski definition) is 6. The number of carbonyl (C=O) groups is 1. The second-order valence-electron chi connectivity index (χ2n) is 11.3. The summed E-state index contributed by atoms with van der Waals surface area (Å²) in [5, 5.41) is 5.56. The van der Waals surface area contributed by atoms with Gasteiger partial charge in [-0.2, -0.15) is 8.78 Å². The van der Waals surface area contributed by atoms with Crippen molar-refractivity contribution in [2.45, 2.75) is 66.5 Å². The lowest BCUT2D eigenvalue weighted by atomic mass is 9.75. The van der Waals surface area contributed by atoms with Crippen molar-refractivity contribution in [2.75, 3.05) is 32.0 Å². The average Bonchev–Trinajstić information content (AvgIpc) is 2.96. The normalized spacial score (nSPS) is 20.6. The number of pyridine rings is 1. The molecule has 2 aliphatic heterocycles. The number of nitrogens with zero attached hydrogens (tertiary/aromatic N) is 3. The third-order valence-corrected chi connectivity index (χ3v) is 7.89. The van der Waals surface area contributed by atoms with Gasteiger partial charge in [0.15, 0.2) is 0 Å². The van der Waals surface area contributed by atoms with Crippen LogP contribution in [0.1, 0.15) is 64.2 Å². The molecule has 0 aliphatic carbocycles. The molecule has 2 unspecified atom stereocenters. The number of aromatic nitrogens is 1. The predicted molar refractivity (Wildman–Crippen MR) is 164 cm³/mol. The van der Waals surface area contributed by atoms with Crippen molar-refractivity contribution in [3.8, 4) is 5.75 Å². The number of nitrogens with one attached hydrogen (secondary N) is 1. The third kappa shape index (κ3) is 9.05. The highest BCUT2D eigenvalue weighted by atomic mass is 19.3. The number of allylic oxidation sites excluding steroid dienone is 1. The van der Waals surface area contributed by atoms with Crippen LogP contribution in [0, 0.1) is 11.3 Å². The van der Waals surface area contributed by atoms with E-state index in [1.165, 1.54) is 72.6 Å². The van der Waals surface area contributed by atoms with Crippen LogP contribution < -0.4 is 20.5 Å². The molecule has 0 amide bonds. The van der Waals surface area contributed by atoms with Crippen molar-refractivity contribution in [1.82, 2.24) is 9.88 Å². The first kappa shape index (κ1) is 32.1. The summed E-state index contributed by atoms with van der Waals surface area (Å²) in [7, 11) is 1.92. The molecular formula is C33H44F2N4O2. The highest BCUT2D eigenvalue weighted by Crippen LogP contribution is 2.37.